The molecule has 0 fully saturated rings. The zero-order valence-corrected chi connectivity index (χ0v) is 15.8. The molecule has 0 amide bonds. The number of likely N-dealkylation sites (N-methyl/N-ethyl adjacent to an activating group) is 1. The number of imidazole rings is 1. The van der Waals surface area contributed by atoms with Gasteiger partial charge in [0.15, 0.2) is 0 Å². The maximum absolute atomic E-state index is 6.33. The van der Waals surface area contributed by atoms with Gasteiger partial charge >= 0.3 is 0 Å². The molecule has 0 N–H and O–H groups in total. The fraction of sp³-hybridized carbons (Fsp3) is 0.250. The number of benzene rings is 1. The molecular formula is C20H20ClN5. The van der Waals surface area contributed by atoms with Crippen LogP contribution in [0, 0.1) is 6.92 Å². The highest BCUT2D eigenvalue weighted by molar-refractivity contribution is 6.31. The second kappa shape index (κ2) is 6.67. The minimum atomic E-state index is -0.0955. The topological polar surface area (TPSA) is 46.3 Å². The smallest absolute Gasteiger partial charge is 0.139 e. The van der Waals surface area contributed by atoms with Crippen LogP contribution in [-0.4, -0.2) is 45.8 Å². The van der Waals surface area contributed by atoms with Crippen molar-refractivity contribution in [3.63, 3.8) is 0 Å². The molecule has 1 aromatic carbocycles. The van der Waals surface area contributed by atoms with E-state index in [0.717, 1.165) is 40.7 Å². The second-order valence-electron chi connectivity index (χ2n) is 6.74. The van der Waals surface area contributed by atoms with Gasteiger partial charge in [0.2, 0.25) is 0 Å². The molecule has 0 spiro atoms. The number of fused-ring (bicyclic) bond motifs is 3. The Hall–Kier alpha value is -2.50. The quantitative estimate of drug-likeness (QED) is 0.711. The first kappa shape index (κ1) is 16.9. The molecule has 1 unspecified atom stereocenters. The Morgan fingerprint density at radius 2 is 2.04 bits per heavy atom. The lowest BCUT2D eigenvalue weighted by atomic mass is 10.0. The first-order valence-corrected chi connectivity index (χ1v) is 8.91. The van der Waals surface area contributed by atoms with Crippen molar-refractivity contribution in [2.24, 2.45) is 4.99 Å². The van der Waals surface area contributed by atoms with E-state index < -0.39 is 0 Å². The molecule has 0 saturated heterocycles. The maximum Gasteiger partial charge on any atom is 0.139 e. The molecule has 0 bridgehead atoms. The van der Waals surface area contributed by atoms with E-state index in [4.69, 9.17) is 21.6 Å². The number of halogens is 1. The van der Waals surface area contributed by atoms with Gasteiger partial charge in [0.05, 0.1) is 22.8 Å². The summed E-state index contributed by atoms with van der Waals surface area (Å²) in [5.74, 6) is 0.936. The van der Waals surface area contributed by atoms with Crippen LogP contribution < -0.4 is 0 Å². The SMILES string of the molecule is Cc1cn2c(n1)C(CN(C)C)N=C(c1ccccn1)c1cc(Cl)ccc1-2. The predicted octanol–water partition coefficient (Wildman–Crippen LogP) is 3.68. The summed E-state index contributed by atoms with van der Waals surface area (Å²) in [4.78, 5) is 16.5. The normalized spacial score (nSPS) is 16.0. The van der Waals surface area contributed by atoms with Gasteiger partial charge in [-0.2, -0.15) is 0 Å². The fourth-order valence-corrected chi connectivity index (χ4v) is 3.48. The molecule has 3 heterocycles. The van der Waals surface area contributed by atoms with Gasteiger partial charge in [-0.25, -0.2) is 4.98 Å². The minimum absolute atomic E-state index is 0.0955. The van der Waals surface area contributed by atoms with Crippen LogP contribution in [0.2, 0.25) is 5.02 Å². The first-order valence-electron chi connectivity index (χ1n) is 8.53. The summed E-state index contributed by atoms with van der Waals surface area (Å²) in [5, 5.41) is 0.678. The van der Waals surface area contributed by atoms with Gasteiger partial charge in [-0.15, -0.1) is 0 Å². The van der Waals surface area contributed by atoms with Crippen molar-refractivity contribution in [3.05, 3.63) is 76.6 Å². The molecule has 0 aliphatic carbocycles. The van der Waals surface area contributed by atoms with Gasteiger partial charge in [0, 0.05) is 29.5 Å². The molecule has 26 heavy (non-hydrogen) atoms. The highest BCUT2D eigenvalue weighted by Crippen LogP contribution is 2.32. The van der Waals surface area contributed by atoms with E-state index in [9.17, 15) is 0 Å². The Balaban J connectivity index is 2.01. The van der Waals surface area contributed by atoms with Crippen LogP contribution in [0.15, 0.2) is 53.8 Å². The summed E-state index contributed by atoms with van der Waals surface area (Å²) in [5.41, 5.74) is 4.65. The number of hydrogen-bond donors (Lipinski definition) is 0. The molecular weight excluding hydrogens is 346 g/mol. The van der Waals surface area contributed by atoms with Crippen molar-refractivity contribution in [1.29, 1.82) is 0 Å². The zero-order valence-electron chi connectivity index (χ0n) is 15.0. The molecule has 1 atom stereocenters. The minimum Gasteiger partial charge on any atom is -0.307 e. The van der Waals surface area contributed by atoms with E-state index in [1.54, 1.807) is 6.20 Å². The average molecular weight is 366 g/mol. The highest BCUT2D eigenvalue weighted by Gasteiger charge is 2.27. The van der Waals surface area contributed by atoms with Crippen molar-refractivity contribution in [2.45, 2.75) is 13.0 Å². The van der Waals surface area contributed by atoms with Crippen molar-refractivity contribution in [1.82, 2.24) is 19.4 Å². The van der Waals surface area contributed by atoms with E-state index in [0.29, 0.717) is 5.02 Å². The maximum atomic E-state index is 6.33. The molecule has 1 aliphatic rings. The monoisotopic (exact) mass is 365 g/mol. The Morgan fingerprint density at radius 3 is 2.77 bits per heavy atom. The standard InChI is InChI=1S/C20H20ClN5/c1-13-11-26-18-8-7-14(21)10-15(18)19(16-6-4-5-9-22-16)24-17(12-25(2)3)20(26)23-13/h4-11,17H,12H2,1-3H3. The van der Waals surface area contributed by atoms with Gasteiger partial charge in [0.1, 0.15) is 11.9 Å². The average Bonchev–Trinajstić information content (AvgIpc) is 2.95. The lowest BCUT2D eigenvalue weighted by Gasteiger charge is -2.17. The third-order valence-corrected chi connectivity index (χ3v) is 4.59. The van der Waals surface area contributed by atoms with Crippen molar-refractivity contribution in [2.75, 3.05) is 20.6 Å². The molecule has 6 heteroatoms. The molecule has 1 aliphatic heterocycles. The summed E-state index contributed by atoms with van der Waals surface area (Å²) in [7, 11) is 4.09. The Bertz CT molecular complexity index is 975. The van der Waals surface area contributed by atoms with Crippen molar-refractivity contribution >= 4 is 17.3 Å². The third kappa shape index (κ3) is 3.04. The van der Waals surface area contributed by atoms with Crippen molar-refractivity contribution in [3.8, 4) is 5.69 Å². The van der Waals surface area contributed by atoms with Crippen LogP contribution in [0.1, 0.15) is 28.8 Å². The van der Waals surface area contributed by atoms with E-state index in [2.05, 4.69) is 20.6 Å². The molecule has 5 nitrogen and oxygen atoms in total. The van der Waals surface area contributed by atoms with Gasteiger partial charge in [-0.1, -0.05) is 17.7 Å². The van der Waals surface area contributed by atoms with Crippen LogP contribution in [0.4, 0.5) is 0 Å². The van der Waals surface area contributed by atoms with E-state index in [1.807, 2.05) is 57.4 Å². The zero-order chi connectivity index (χ0) is 18.3. The Labute approximate surface area is 158 Å². The lowest BCUT2D eigenvalue weighted by Crippen LogP contribution is -2.21. The van der Waals surface area contributed by atoms with Gasteiger partial charge < -0.3 is 9.47 Å². The number of rotatable bonds is 3. The van der Waals surface area contributed by atoms with E-state index in [-0.39, 0.29) is 6.04 Å². The van der Waals surface area contributed by atoms with Gasteiger partial charge in [-0.3, -0.25) is 9.98 Å². The molecule has 4 rings (SSSR count). The summed E-state index contributed by atoms with van der Waals surface area (Å²) < 4.78 is 2.13. The Kier molecular flexibility index (Phi) is 4.34. The molecule has 0 radical (unpaired) electrons. The lowest BCUT2D eigenvalue weighted by molar-refractivity contribution is 0.370. The number of aromatic nitrogens is 3. The van der Waals surface area contributed by atoms with Crippen LogP contribution in [0.25, 0.3) is 5.69 Å². The summed E-state index contributed by atoms with van der Waals surface area (Å²) in [6, 6.07) is 11.7. The van der Waals surface area contributed by atoms with Crippen LogP contribution in [0.3, 0.4) is 0 Å². The van der Waals surface area contributed by atoms with Crippen molar-refractivity contribution < 1.29 is 0 Å². The first-order chi connectivity index (χ1) is 12.5. The van der Waals surface area contributed by atoms with Crippen LogP contribution in [0.5, 0.6) is 0 Å². The summed E-state index contributed by atoms with van der Waals surface area (Å²) >= 11 is 6.33. The number of pyridine rings is 1. The van der Waals surface area contributed by atoms with Gasteiger partial charge in [0.25, 0.3) is 0 Å². The van der Waals surface area contributed by atoms with E-state index in [1.165, 1.54) is 0 Å². The van der Waals surface area contributed by atoms with Gasteiger partial charge in [-0.05, 0) is 51.4 Å². The highest BCUT2D eigenvalue weighted by atomic mass is 35.5. The third-order valence-electron chi connectivity index (χ3n) is 4.36. The largest absolute Gasteiger partial charge is 0.307 e. The van der Waals surface area contributed by atoms with Crippen LogP contribution >= 0.6 is 11.6 Å². The number of aliphatic imine (C=N–C) groups is 1. The predicted molar refractivity (Wildman–Crippen MR) is 104 cm³/mol. The molecule has 3 aromatic rings. The number of nitrogens with zero attached hydrogens (tertiary/aromatic N) is 5. The van der Waals surface area contributed by atoms with Crippen LogP contribution in [-0.2, 0) is 0 Å². The molecule has 0 saturated carbocycles. The summed E-state index contributed by atoms with van der Waals surface area (Å²) in [6.07, 6.45) is 3.85. The molecule has 132 valence electrons. The Morgan fingerprint density at radius 1 is 1.19 bits per heavy atom. The number of hydrogen-bond acceptors (Lipinski definition) is 4. The molecule has 2 aromatic heterocycles. The van der Waals surface area contributed by atoms with E-state index >= 15 is 0 Å². The second-order valence-corrected chi connectivity index (χ2v) is 7.18. The fourth-order valence-electron chi connectivity index (χ4n) is 3.31. The number of aryl methyl sites for hydroxylation is 1. The summed E-state index contributed by atoms with van der Waals surface area (Å²) in [6.45, 7) is 2.77.